The summed E-state index contributed by atoms with van der Waals surface area (Å²) in [5, 5.41) is 1.05. The van der Waals surface area contributed by atoms with E-state index in [1.807, 2.05) is 0 Å². The van der Waals surface area contributed by atoms with Gasteiger partial charge in [0, 0.05) is 36.1 Å². The van der Waals surface area contributed by atoms with Gasteiger partial charge in [-0.3, -0.25) is 0 Å². The monoisotopic (exact) mass is 210 g/mol. The van der Waals surface area contributed by atoms with Gasteiger partial charge < -0.3 is 10.6 Å². The Kier molecular flexibility index (Phi) is 1.64. The largest absolute Gasteiger partial charge is 0.343 e. The molecule has 0 aromatic carbocycles. The number of nitrogens with two attached hydrogens (primary N) is 1. The van der Waals surface area contributed by atoms with Crippen molar-refractivity contribution >= 4 is 16.7 Å². The molecule has 1 saturated heterocycles. The average Bonchev–Trinajstić information content (AvgIpc) is 2.80. The second kappa shape index (κ2) is 2.67. The zero-order valence-electron chi connectivity index (χ0n) is 8.23. The van der Waals surface area contributed by atoms with Crippen LogP contribution in [0.15, 0.2) is 0 Å². The Labute approximate surface area is 87.3 Å². The maximum atomic E-state index is 5.94. The fraction of sp³-hybridized carbons (Fsp3) is 0.778. The number of hydrogen-bond donors (Lipinski definition) is 1. The van der Waals surface area contributed by atoms with Crippen molar-refractivity contribution < 1.29 is 0 Å². The molecule has 0 radical (unpaired) electrons. The van der Waals surface area contributed by atoms with Crippen LogP contribution in [0.2, 0.25) is 0 Å². The van der Waals surface area contributed by atoms with Gasteiger partial charge in [0.05, 0.1) is 0 Å². The molecule has 3 rings (SSSR count). The molecule has 1 saturated carbocycles. The summed E-state index contributed by atoms with van der Waals surface area (Å²) in [5.74, 6) is 1.71. The number of aromatic nitrogens is 2. The SMILES string of the molecule is CC1(N)CN(c2nc(C3CC3)ns2)C1. The Morgan fingerprint density at radius 1 is 1.50 bits per heavy atom. The number of nitrogens with zero attached hydrogens (tertiary/aromatic N) is 3. The minimum absolute atomic E-state index is 0.0224. The van der Waals surface area contributed by atoms with Crippen molar-refractivity contribution in [1.29, 1.82) is 0 Å². The van der Waals surface area contributed by atoms with Gasteiger partial charge in [0.25, 0.3) is 0 Å². The molecule has 0 unspecified atom stereocenters. The van der Waals surface area contributed by atoms with Crippen LogP contribution in [0.4, 0.5) is 5.13 Å². The summed E-state index contributed by atoms with van der Waals surface area (Å²) >= 11 is 1.51. The molecule has 2 aliphatic rings. The van der Waals surface area contributed by atoms with Gasteiger partial charge in [-0.05, 0) is 19.8 Å². The Balaban J connectivity index is 1.72. The first-order valence-corrected chi connectivity index (χ1v) is 5.79. The van der Waals surface area contributed by atoms with Gasteiger partial charge in [0.1, 0.15) is 5.82 Å². The van der Waals surface area contributed by atoms with Crippen molar-refractivity contribution in [3.05, 3.63) is 5.82 Å². The fourth-order valence-corrected chi connectivity index (χ4v) is 2.57. The van der Waals surface area contributed by atoms with Crippen LogP contribution in [0, 0.1) is 0 Å². The molecule has 14 heavy (non-hydrogen) atoms. The lowest BCUT2D eigenvalue weighted by Gasteiger charge is -2.45. The van der Waals surface area contributed by atoms with Crippen molar-refractivity contribution in [3.8, 4) is 0 Å². The Hall–Kier alpha value is -0.680. The quantitative estimate of drug-likeness (QED) is 0.789. The molecule has 4 nitrogen and oxygen atoms in total. The van der Waals surface area contributed by atoms with E-state index in [1.54, 1.807) is 0 Å². The minimum atomic E-state index is -0.0224. The molecule has 0 bridgehead atoms. The summed E-state index contributed by atoms with van der Waals surface area (Å²) in [4.78, 5) is 6.75. The van der Waals surface area contributed by atoms with Crippen molar-refractivity contribution in [2.75, 3.05) is 18.0 Å². The molecule has 1 aromatic rings. The Bertz CT molecular complexity index is 347. The van der Waals surface area contributed by atoms with Crippen LogP contribution >= 0.6 is 11.5 Å². The highest BCUT2D eigenvalue weighted by atomic mass is 32.1. The summed E-state index contributed by atoms with van der Waals surface area (Å²) in [6, 6.07) is 0. The summed E-state index contributed by atoms with van der Waals surface area (Å²) in [6.07, 6.45) is 2.54. The van der Waals surface area contributed by atoms with E-state index in [4.69, 9.17) is 5.73 Å². The molecular weight excluding hydrogens is 196 g/mol. The first-order valence-electron chi connectivity index (χ1n) is 5.01. The minimum Gasteiger partial charge on any atom is -0.343 e. The summed E-state index contributed by atoms with van der Waals surface area (Å²) in [5.41, 5.74) is 5.92. The van der Waals surface area contributed by atoms with E-state index >= 15 is 0 Å². The van der Waals surface area contributed by atoms with Gasteiger partial charge in [-0.1, -0.05) is 0 Å². The van der Waals surface area contributed by atoms with Gasteiger partial charge in [0.15, 0.2) is 0 Å². The molecule has 0 atom stereocenters. The lowest BCUT2D eigenvalue weighted by atomic mass is 9.95. The highest BCUT2D eigenvalue weighted by Crippen LogP contribution is 2.40. The van der Waals surface area contributed by atoms with E-state index in [2.05, 4.69) is 21.2 Å². The molecule has 1 aromatic heterocycles. The second-order valence-corrected chi connectivity index (χ2v) is 5.45. The summed E-state index contributed by atoms with van der Waals surface area (Å²) < 4.78 is 4.38. The van der Waals surface area contributed by atoms with Gasteiger partial charge in [0.2, 0.25) is 5.13 Å². The van der Waals surface area contributed by atoms with Gasteiger partial charge in [-0.2, -0.15) is 4.37 Å². The first-order chi connectivity index (χ1) is 6.64. The zero-order chi connectivity index (χ0) is 9.76. The molecule has 0 amide bonds. The molecule has 5 heteroatoms. The standard InChI is InChI=1S/C9H14N4S/c1-9(10)4-13(5-9)8-11-7(12-14-8)6-2-3-6/h6H,2-5,10H2,1H3. The van der Waals surface area contributed by atoms with E-state index in [1.165, 1.54) is 24.4 Å². The number of rotatable bonds is 2. The highest BCUT2D eigenvalue weighted by Gasteiger charge is 2.37. The zero-order valence-corrected chi connectivity index (χ0v) is 9.05. The molecule has 0 spiro atoms. The third kappa shape index (κ3) is 1.40. The van der Waals surface area contributed by atoms with E-state index in [9.17, 15) is 0 Å². The highest BCUT2D eigenvalue weighted by molar-refractivity contribution is 7.09. The van der Waals surface area contributed by atoms with Crippen LogP contribution in [0.3, 0.4) is 0 Å². The Morgan fingerprint density at radius 3 is 2.79 bits per heavy atom. The van der Waals surface area contributed by atoms with Crippen LogP contribution in [-0.2, 0) is 0 Å². The van der Waals surface area contributed by atoms with E-state index in [-0.39, 0.29) is 5.54 Å². The van der Waals surface area contributed by atoms with Crippen LogP contribution in [0.25, 0.3) is 0 Å². The fourth-order valence-electron chi connectivity index (χ4n) is 1.82. The van der Waals surface area contributed by atoms with Crippen molar-refractivity contribution in [1.82, 2.24) is 9.36 Å². The van der Waals surface area contributed by atoms with Crippen LogP contribution in [0.5, 0.6) is 0 Å². The van der Waals surface area contributed by atoms with Crippen molar-refractivity contribution in [3.63, 3.8) is 0 Å². The van der Waals surface area contributed by atoms with Gasteiger partial charge in [-0.15, -0.1) is 0 Å². The lowest BCUT2D eigenvalue weighted by Crippen LogP contribution is -2.65. The topological polar surface area (TPSA) is 55.0 Å². The third-order valence-electron chi connectivity index (χ3n) is 2.75. The van der Waals surface area contributed by atoms with E-state index < -0.39 is 0 Å². The van der Waals surface area contributed by atoms with Crippen LogP contribution < -0.4 is 10.6 Å². The lowest BCUT2D eigenvalue weighted by molar-refractivity contribution is 0.365. The van der Waals surface area contributed by atoms with E-state index in [0.29, 0.717) is 5.92 Å². The number of hydrogen-bond acceptors (Lipinski definition) is 5. The summed E-state index contributed by atoms with van der Waals surface area (Å²) in [6.45, 7) is 3.89. The molecule has 2 fully saturated rings. The predicted octanol–water partition coefficient (Wildman–Crippen LogP) is 0.953. The molecular formula is C9H14N4S. The molecule has 2 N–H and O–H groups in total. The average molecular weight is 210 g/mol. The molecule has 1 aliphatic carbocycles. The normalized spacial score (nSPS) is 24.9. The maximum absolute atomic E-state index is 5.94. The van der Waals surface area contributed by atoms with Gasteiger partial charge in [-0.25, -0.2) is 4.98 Å². The summed E-state index contributed by atoms with van der Waals surface area (Å²) in [7, 11) is 0. The van der Waals surface area contributed by atoms with Crippen LogP contribution in [-0.4, -0.2) is 28.0 Å². The van der Waals surface area contributed by atoms with Crippen molar-refractivity contribution in [2.45, 2.75) is 31.2 Å². The molecule has 76 valence electrons. The Morgan fingerprint density at radius 2 is 2.21 bits per heavy atom. The molecule has 2 heterocycles. The van der Waals surface area contributed by atoms with Gasteiger partial charge >= 0.3 is 0 Å². The van der Waals surface area contributed by atoms with E-state index in [0.717, 1.165) is 24.0 Å². The van der Waals surface area contributed by atoms with Crippen molar-refractivity contribution in [2.24, 2.45) is 5.73 Å². The predicted molar refractivity (Wildman–Crippen MR) is 56.7 cm³/mol. The first kappa shape index (κ1) is 8.61. The second-order valence-electron chi connectivity index (χ2n) is 4.72. The van der Waals surface area contributed by atoms with Crippen LogP contribution in [0.1, 0.15) is 31.5 Å². The maximum Gasteiger partial charge on any atom is 0.205 e. The smallest absolute Gasteiger partial charge is 0.205 e. The third-order valence-corrected chi connectivity index (χ3v) is 3.54. The number of anilines is 1. The molecule has 1 aliphatic heterocycles.